The third kappa shape index (κ3) is 3.83. The minimum Gasteiger partial charge on any atom is -0.341 e. The van der Waals surface area contributed by atoms with Crippen molar-refractivity contribution >= 4 is 5.91 Å². The highest BCUT2D eigenvalue weighted by atomic mass is 16.2. The Morgan fingerprint density at radius 2 is 1.62 bits per heavy atom. The van der Waals surface area contributed by atoms with Crippen molar-refractivity contribution in [2.24, 2.45) is 0 Å². The molecule has 26 heavy (non-hydrogen) atoms. The number of hydrogen-bond donors (Lipinski definition) is 1. The number of carbonyl (C=O) groups is 1. The maximum absolute atomic E-state index is 13.3. The number of fused-ring (bicyclic) bond motifs is 1. The van der Waals surface area contributed by atoms with Gasteiger partial charge in [0, 0.05) is 19.1 Å². The van der Waals surface area contributed by atoms with Crippen molar-refractivity contribution in [1.82, 2.24) is 10.2 Å². The smallest absolute Gasteiger partial charge is 0.244 e. The molecule has 0 saturated carbocycles. The van der Waals surface area contributed by atoms with E-state index in [1.54, 1.807) is 0 Å². The van der Waals surface area contributed by atoms with Gasteiger partial charge in [0.2, 0.25) is 5.91 Å². The monoisotopic (exact) mass is 348 g/mol. The molecule has 2 aromatic rings. The maximum atomic E-state index is 13.3. The average molecular weight is 348 g/mol. The molecule has 2 aromatic carbocycles. The summed E-state index contributed by atoms with van der Waals surface area (Å²) in [6.45, 7) is 1.80. The normalized spacial score (nSPS) is 21.1. The molecule has 0 unspecified atom stereocenters. The van der Waals surface area contributed by atoms with Gasteiger partial charge in [-0.15, -0.1) is 0 Å². The van der Waals surface area contributed by atoms with E-state index in [2.05, 4.69) is 46.6 Å². The van der Waals surface area contributed by atoms with Crippen molar-refractivity contribution in [1.29, 1.82) is 0 Å². The van der Waals surface area contributed by atoms with Gasteiger partial charge in [0.25, 0.3) is 0 Å². The Bertz CT molecular complexity index is 737. The predicted molar refractivity (Wildman–Crippen MR) is 105 cm³/mol. The molecule has 1 fully saturated rings. The molecule has 1 amide bonds. The van der Waals surface area contributed by atoms with Crippen LogP contribution in [0.3, 0.4) is 0 Å². The number of benzene rings is 2. The number of likely N-dealkylation sites (tertiary alicyclic amines) is 1. The molecule has 0 spiro atoms. The van der Waals surface area contributed by atoms with Gasteiger partial charge in [-0.05, 0) is 55.2 Å². The molecular formula is C23H28N2O. The molecule has 1 aliphatic heterocycles. The summed E-state index contributed by atoms with van der Waals surface area (Å²) < 4.78 is 0. The number of amides is 1. The fraction of sp³-hybridized carbons (Fsp3) is 0.435. The summed E-state index contributed by atoms with van der Waals surface area (Å²) in [5, 5.41) is 3.72. The molecule has 0 bridgehead atoms. The minimum absolute atomic E-state index is 0.232. The first-order valence-corrected chi connectivity index (χ1v) is 9.98. The second-order valence-corrected chi connectivity index (χ2v) is 7.60. The second kappa shape index (κ2) is 8.05. The van der Waals surface area contributed by atoms with E-state index in [0.717, 1.165) is 50.8 Å². The van der Waals surface area contributed by atoms with Crippen molar-refractivity contribution in [3.8, 4) is 0 Å². The topological polar surface area (TPSA) is 32.3 Å². The molecule has 0 radical (unpaired) electrons. The van der Waals surface area contributed by atoms with E-state index >= 15 is 0 Å². The second-order valence-electron chi connectivity index (χ2n) is 7.60. The van der Waals surface area contributed by atoms with E-state index in [4.69, 9.17) is 0 Å². The van der Waals surface area contributed by atoms with Gasteiger partial charge in [-0.2, -0.15) is 0 Å². The van der Waals surface area contributed by atoms with Crippen LogP contribution in [0.2, 0.25) is 0 Å². The van der Waals surface area contributed by atoms with Crippen molar-refractivity contribution in [2.45, 2.75) is 50.6 Å². The Hall–Kier alpha value is -2.13. The van der Waals surface area contributed by atoms with Gasteiger partial charge in [0.05, 0.1) is 0 Å². The Morgan fingerprint density at radius 1 is 0.923 bits per heavy atom. The zero-order valence-corrected chi connectivity index (χ0v) is 15.4. The van der Waals surface area contributed by atoms with E-state index in [1.165, 1.54) is 17.5 Å². The fourth-order valence-electron chi connectivity index (χ4n) is 4.33. The van der Waals surface area contributed by atoms with Gasteiger partial charge in [-0.25, -0.2) is 0 Å². The van der Waals surface area contributed by atoms with Crippen LogP contribution in [0, 0.1) is 0 Å². The number of carbonyl (C=O) groups excluding carboxylic acids is 1. The molecular weight excluding hydrogens is 320 g/mol. The van der Waals surface area contributed by atoms with Gasteiger partial charge >= 0.3 is 0 Å². The third-order valence-electron chi connectivity index (χ3n) is 5.80. The maximum Gasteiger partial charge on any atom is 0.244 e. The number of rotatable bonds is 4. The molecule has 4 rings (SSSR count). The zero-order valence-electron chi connectivity index (χ0n) is 15.4. The van der Waals surface area contributed by atoms with Crippen molar-refractivity contribution in [2.75, 3.05) is 13.1 Å². The molecule has 0 aromatic heterocycles. The Kier molecular flexibility index (Phi) is 5.35. The van der Waals surface area contributed by atoms with Gasteiger partial charge in [-0.3, -0.25) is 10.1 Å². The van der Waals surface area contributed by atoms with Gasteiger partial charge in [0.15, 0.2) is 0 Å². The number of nitrogens with one attached hydrogen (secondary N) is 1. The van der Waals surface area contributed by atoms with Crippen LogP contribution in [0.25, 0.3) is 0 Å². The van der Waals surface area contributed by atoms with E-state index in [9.17, 15) is 4.79 Å². The van der Waals surface area contributed by atoms with Crippen LogP contribution >= 0.6 is 0 Å². The Morgan fingerprint density at radius 3 is 2.38 bits per heavy atom. The lowest BCUT2D eigenvalue weighted by Crippen LogP contribution is -2.47. The van der Waals surface area contributed by atoms with Crippen LogP contribution in [0.1, 0.15) is 48.4 Å². The number of hydrogen-bond acceptors (Lipinski definition) is 2. The summed E-state index contributed by atoms with van der Waals surface area (Å²) >= 11 is 0. The molecule has 3 heteroatoms. The Labute approximate surface area is 156 Å². The van der Waals surface area contributed by atoms with Crippen molar-refractivity contribution in [3.63, 3.8) is 0 Å². The lowest BCUT2D eigenvalue weighted by Gasteiger charge is -2.34. The SMILES string of the molecule is O=C([C@H](N[C@H]1CCc2ccccc2C1)c1ccccc1)N1CCCCC1. The van der Waals surface area contributed by atoms with Crippen LogP contribution in [-0.2, 0) is 17.6 Å². The third-order valence-corrected chi connectivity index (χ3v) is 5.80. The Balaban J connectivity index is 1.53. The van der Waals surface area contributed by atoms with Crippen LogP contribution in [0.15, 0.2) is 54.6 Å². The van der Waals surface area contributed by atoms with Gasteiger partial charge in [0.1, 0.15) is 6.04 Å². The van der Waals surface area contributed by atoms with E-state index < -0.39 is 0 Å². The molecule has 2 atom stereocenters. The van der Waals surface area contributed by atoms with Crippen LogP contribution < -0.4 is 5.32 Å². The molecule has 2 aliphatic rings. The number of aryl methyl sites for hydroxylation is 1. The zero-order chi connectivity index (χ0) is 17.8. The summed E-state index contributed by atoms with van der Waals surface area (Å²) in [6.07, 6.45) is 6.69. The van der Waals surface area contributed by atoms with Crippen LogP contribution in [0.5, 0.6) is 0 Å². The lowest BCUT2D eigenvalue weighted by atomic mass is 9.87. The first-order valence-electron chi connectivity index (χ1n) is 9.98. The standard InChI is InChI=1S/C23H28N2O/c26-23(25-15-7-2-8-16-25)22(19-10-3-1-4-11-19)24-21-14-13-18-9-5-6-12-20(18)17-21/h1,3-6,9-12,21-22,24H,2,7-8,13-17H2/t21-,22+/m0/s1. The van der Waals surface area contributed by atoms with E-state index in [1.807, 2.05) is 18.2 Å². The first-order chi connectivity index (χ1) is 12.8. The van der Waals surface area contributed by atoms with Gasteiger partial charge in [-0.1, -0.05) is 54.6 Å². The summed E-state index contributed by atoms with van der Waals surface area (Å²) in [6, 6.07) is 19.1. The van der Waals surface area contributed by atoms with E-state index in [0.29, 0.717) is 6.04 Å². The molecule has 136 valence electrons. The van der Waals surface area contributed by atoms with Crippen LogP contribution in [0.4, 0.5) is 0 Å². The van der Waals surface area contributed by atoms with Crippen molar-refractivity contribution < 1.29 is 4.79 Å². The van der Waals surface area contributed by atoms with Crippen molar-refractivity contribution in [3.05, 3.63) is 71.3 Å². The molecule has 1 N–H and O–H groups in total. The lowest BCUT2D eigenvalue weighted by molar-refractivity contribution is -0.134. The fourth-order valence-corrected chi connectivity index (χ4v) is 4.33. The highest BCUT2D eigenvalue weighted by molar-refractivity contribution is 5.83. The molecule has 1 saturated heterocycles. The highest BCUT2D eigenvalue weighted by Crippen LogP contribution is 2.25. The molecule has 1 heterocycles. The highest BCUT2D eigenvalue weighted by Gasteiger charge is 2.30. The summed E-state index contributed by atoms with van der Waals surface area (Å²) in [5.74, 6) is 0.245. The largest absolute Gasteiger partial charge is 0.341 e. The van der Waals surface area contributed by atoms with Crippen LogP contribution in [-0.4, -0.2) is 29.9 Å². The summed E-state index contributed by atoms with van der Waals surface area (Å²) in [7, 11) is 0. The number of nitrogens with zero attached hydrogens (tertiary/aromatic N) is 1. The molecule has 3 nitrogen and oxygen atoms in total. The minimum atomic E-state index is -0.232. The summed E-state index contributed by atoms with van der Waals surface area (Å²) in [4.78, 5) is 15.3. The van der Waals surface area contributed by atoms with Gasteiger partial charge < -0.3 is 4.90 Å². The average Bonchev–Trinajstić information content (AvgIpc) is 2.73. The molecule has 1 aliphatic carbocycles. The predicted octanol–water partition coefficient (Wildman–Crippen LogP) is 3.89. The number of piperidine rings is 1. The van der Waals surface area contributed by atoms with E-state index in [-0.39, 0.29) is 11.9 Å². The first kappa shape index (κ1) is 17.3. The summed E-state index contributed by atoms with van der Waals surface area (Å²) in [5.41, 5.74) is 3.97. The quantitative estimate of drug-likeness (QED) is 0.909.